The van der Waals surface area contributed by atoms with Gasteiger partial charge in [-0.1, -0.05) is 0 Å². The van der Waals surface area contributed by atoms with Gasteiger partial charge >= 0.3 is 5.97 Å². The van der Waals surface area contributed by atoms with E-state index in [9.17, 15) is 4.79 Å². The number of aromatic nitrogens is 2. The molecule has 0 aliphatic heterocycles. The van der Waals surface area contributed by atoms with E-state index in [0.29, 0.717) is 17.2 Å². The lowest BCUT2D eigenvalue weighted by atomic mass is 10.4. The molecule has 0 aromatic carbocycles. The van der Waals surface area contributed by atoms with Gasteiger partial charge in [-0.25, -0.2) is 4.98 Å². The molecule has 2 rings (SSSR count). The highest BCUT2D eigenvalue weighted by atomic mass is 16.5. The van der Waals surface area contributed by atoms with Gasteiger partial charge < -0.3 is 14.9 Å². The molecule has 2 aromatic rings. The van der Waals surface area contributed by atoms with Gasteiger partial charge in [-0.2, -0.15) is 5.10 Å². The molecule has 8 nitrogen and oxygen atoms in total. The number of esters is 1. The minimum atomic E-state index is -0.372. The Morgan fingerprint density at radius 2 is 2.33 bits per heavy atom. The molecule has 0 fully saturated rings. The number of nitrogens with zero attached hydrogens (tertiary/aromatic N) is 4. The van der Waals surface area contributed by atoms with Crippen LogP contribution in [0.25, 0.3) is 0 Å². The summed E-state index contributed by atoms with van der Waals surface area (Å²) in [6, 6.07) is 3.36. The standard InChI is InChI=1S/C13H13N5O3/c1-9(19)20-8-11-3-2-10(21-11)6-17-18-13(14)12-7-15-4-5-16-12/h2-7H,8H2,1H3,(H2,14,18). The van der Waals surface area contributed by atoms with E-state index in [0.717, 1.165) is 0 Å². The predicted octanol–water partition coefficient (Wildman–Crippen LogP) is 0.872. The highest BCUT2D eigenvalue weighted by Crippen LogP contribution is 2.07. The van der Waals surface area contributed by atoms with Gasteiger partial charge in [0.1, 0.15) is 23.8 Å². The van der Waals surface area contributed by atoms with E-state index in [4.69, 9.17) is 14.9 Å². The van der Waals surface area contributed by atoms with E-state index < -0.39 is 0 Å². The molecule has 108 valence electrons. The molecule has 2 heterocycles. The van der Waals surface area contributed by atoms with Gasteiger partial charge in [0.25, 0.3) is 0 Å². The topological polar surface area (TPSA) is 116 Å². The van der Waals surface area contributed by atoms with Crippen molar-refractivity contribution in [2.75, 3.05) is 0 Å². The summed E-state index contributed by atoms with van der Waals surface area (Å²) in [7, 11) is 0. The first-order valence-corrected chi connectivity index (χ1v) is 6.00. The Morgan fingerprint density at radius 1 is 1.48 bits per heavy atom. The van der Waals surface area contributed by atoms with Crippen molar-refractivity contribution >= 4 is 18.0 Å². The SMILES string of the molecule is CC(=O)OCc1ccc(C=NN=C(N)c2cnccn2)o1. The molecule has 0 saturated carbocycles. The quantitative estimate of drug-likeness (QED) is 0.377. The molecule has 0 amide bonds. The average Bonchev–Trinajstić information content (AvgIpc) is 2.94. The van der Waals surface area contributed by atoms with Crippen LogP contribution in [0.2, 0.25) is 0 Å². The fourth-order valence-corrected chi connectivity index (χ4v) is 1.34. The molecule has 0 bridgehead atoms. The highest BCUT2D eigenvalue weighted by molar-refractivity contribution is 5.95. The maximum Gasteiger partial charge on any atom is 0.303 e. The van der Waals surface area contributed by atoms with Crippen molar-refractivity contribution in [1.82, 2.24) is 9.97 Å². The van der Waals surface area contributed by atoms with Crippen molar-refractivity contribution in [3.63, 3.8) is 0 Å². The molecule has 0 saturated heterocycles. The van der Waals surface area contributed by atoms with Gasteiger partial charge in [0.05, 0.1) is 12.4 Å². The summed E-state index contributed by atoms with van der Waals surface area (Å²) in [5.41, 5.74) is 6.13. The van der Waals surface area contributed by atoms with Crippen molar-refractivity contribution in [3.05, 3.63) is 47.9 Å². The van der Waals surface area contributed by atoms with Crippen LogP contribution in [0.15, 0.2) is 45.3 Å². The van der Waals surface area contributed by atoms with Crippen LogP contribution < -0.4 is 5.73 Å². The summed E-state index contributed by atoms with van der Waals surface area (Å²) in [4.78, 5) is 18.5. The van der Waals surface area contributed by atoms with Crippen molar-refractivity contribution in [2.45, 2.75) is 13.5 Å². The Bertz CT molecular complexity index is 663. The third-order valence-electron chi connectivity index (χ3n) is 2.28. The molecule has 0 aliphatic rings. The number of hydrogen-bond acceptors (Lipinski definition) is 7. The first-order valence-electron chi connectivity index (χ1n) is 6.00. The van der Waals surface area contributed by atoms with Crippen molar-refractivity contribution in [1.29, 1.82) is 0 Å². The van der Waals surface area contributed by atoms with Crippen molar-refractivity contribution < 1.29 is 13.9 Å². The minimum absolute atomic E-state index is 0.0776. The molecule has 0 atom stereocenters. The van der Waals surface area contributed by atoms with Crippen LogP contribution >= 0.6 is 0 Å². The number of amidine groups is 1. The van der Waals surface area contributed by atoms with Crippen LogP contribution in [0.4, 0.5) is 0 Å². The van der Waals surface area contributed by atoms with Gasteiger partial charge in [0, 0.05) is 19.3 Å². The number of carbonyl (C=O) groups excluding carboxylic acids is 1. The van der Waals surface area contributed by atoms with Crippen LogP contribution in [0.1, 0.15) is 24.1 Å². The first-order chi connectivity index (χ1) is 10.1. The Balaban J connectivity index is 1.97. The average molecular weight is 287 g/mol. The van der Waals surface area contributed by atoms with Crippen molar-refractivity contribution in [3.8, 4) is 0 Å². The summed E-state index contributed by atoms with van der Waals surface area (Å²) in [5.74, 6) is 0.749. The number of rotatable bonds is 5. The maximum atomic E-state index is 10.7. The van der Waals surface area contributed by atoms with Gasteiger partial charge in [-0.05, 0) is 12.1 Å². The fourth-order valence-electron chi connectivity index (χ4n) is 1.34. The summed E-state index contributed by atoms with van der Waals surface area (Å²) >= 11 is 0. The Labute approximate surface area is 120 Å². The van der Waals surface area contributed by atoms with Crippen LogP contribution in [-0.2, 0) is 16.1 Å². The molecule has 0 aliphatic carbocycles. The zero-order valence-corrected chi connectivity index (χ0v) is 11.3. The zero-order chi connectivity index (χ0) is 15.1. The predicted molar refractivity (Wildman–Crippen MR) is 74.5 cm³/mol. The summed E-state index contributed by atoms with van der Waals surface area (Å²) in [6.45, 7) is 1.41. The van der Waals surface area contributed by atoms with Crippen LogP contribution in [0, 0.1) is 0 Å². The van der Waals surface area contributed by atoms with Crippen molar-refractivity contribution in [2.24, 2.45) is 15.9 Å². The van der Waals surface area contributed by atoms with Crippen LogP contribution in [0.3, 0.4) is 0 Å². The number of carbonyl (C=O) groups is 1. The lowest BCUT2D eigenvalue weighted by Crippen LogP contribution is -2.14. The molecule has 21 heavy (non-hydrogen) atoms. The highest BCUT2D eigenvalue weighted by Gasteiger charge is 2.02. The molecule has 8 heteroatoms. The third kappa shape index (κ3) is 4.53. The molecule has 0 unspecified atom stereocenters. The van der Waals surface area contributed by atoms with Gasteiger partial charge in [0.15, 0.2) is 5.84 Å². The van der Waals surface area contributed by atoms with Gasteiger partial charge in [-0.15, -0.1) is 5.10 Å². The lowest BCUT2D eigenvalue weighted by molar-refractivity contribution is -0.142. The van der Waals surface area contributed by atoms with Crippen LogP contribution in [0.5, 0.6) is 0 Å². The summed E-state index contributed by atoms with van der Waals surface area (Å²) in [5, 5.41) is 7.58. The van der Waals surface area contributed by atoms with E-state index in [1.165, 1.54) is 31.7 Å². The van der Waals surface area contributed by atoms with E-state index in [1.807, 2.05) is 0 Å². The number of hydrogen-bond donors (Lipinski definition) is 1. The van der Waals surface area contributed by atoms with Crippen LogP contribution in [-0.4, -0.2) is 28.0 Å². The smallest absolute Gasteiger partial charge is 0.303 e. The van der Waals surface area contributed by atoms with Gasteiger partial charge in [-0.3, -0.25) is 9.78 Å². The molecular formula is C13H13N5O3. The molecule has 2 N–H and O–H groups in total. The molecule has 0 radical (unpaired) electrons. The fraction of sp³-hybridized carbons (Fsp3) is 0.154. The zero-order valence-electron chi connectivity index (χ0n) is 11.3. The maximum absolute atomic E-state index is 10.7. The minimum Gasteiger partial charge on any atom is -0.458 e. The monoisotopic (exact) mass is 287 g/mol. The molecule has 2 aromatic heterocycles. The lowest BCUT2D eigenvalue weighted by Gasteiger charge is -1.96. The number of furan rings is 1. The Kier molecular flexibility index (Phi) is 4.75. The molecule has 0 spiro atoms. The van der Waals surface area contributed by atoms with E-state index in [2.05, 4.69) is 20.2 Å². The number of nitrogens with two attached hydrogens (primary N) is 1. The second kappa shape index (κ2) is 6.94. The van der Waals surface area contributed by atoms with Gasteiger partial charge in [0.2, 0.25) is 0 Å². The second-order valence-corrected chi connectivity index (χ2v) is 3.90. The summed E-state index contributed by atoms with van der Waals surface area (Å²) < 4.78 is 10.2. The second-order valence-electron chi connectivity index (χ2n) is 3.90. The summed E-state index contributed by atoms with van der Waals surface area (Å²) in [6.07, 6.45) is 5.92. The Hall–Kier alpha value is -3.03. The van der Waals surface area contributed by atoms with E-state index in [1.54, 1.807) is 12.1 Å². The Morgan fingerprint density at radius 3 is 3.05 bits per heavy atom. The van der Waals surface area contributed by atoms with E-state index >= 15 is 0 Å². The molecular weight excluding hydrogens is 274 g/mol. The first kappa shape index (κ1) is 14.4. The normalized spacial score (nSPS) is 11.8. The number of ether oxygens (including phenoxy) is 1. The van der Waals surface area contributed by atoms with E-state index in [-0.39, 0.29) is 18.4 Å². The third-order valence-corrected chi connectivity index (χ3v) is 2.28. The largest absolute Gasteiger partial charge is 0.458 e.